The molecule has 1 amide bonds. The number of ether oxygens (including phenoxy) is 1. The van der Waals surface area contributed by atoms with Gasteiger partial charge in [0, 0.05) is 6.04 Å². The Morgan fingerprint density at radius 1 is 1.24 bits per heavy atom. The average molecular weight is 384 g/mol. The highest BCUT2D eigenvalue weighted by atomic mass is 32.2. The summed E-state index contributed by atoms with van der Waals surface area (Å²) in [6.07, 6.45) is -5.23. The second-order valence-electron chi connectivity index (χ2n) is 4.91. The lowest BCUT2D eigenvalue weighted by molar-refractivity contribution is -0.274. The minimum Gasteiger partial charge on any atom is -0.481 e. The quantitative estimate of drug-likeness (QED) is 0.611. The van der Waals surface area contributed by atoms with Crippen molar-refractivity contribution in [2.45, 2.75) is 30.6 Å². The zero-order valence-electron chi connectivity index (χ0n) is 12.8. The third-order valence-electron chi connectivity index (χ3n) is 2.68. The summed E-state index contributed by atoms with van der Waals surface area (Å²) in [5.41, 5.74) is 0. The summed E-state index contributed by atoms with van der Waals surface area (Å²) in [6.45, 7) is 0.771. The van der Waals surface area contributed by atoms with Crippen LogP contribution in [0.15, 0.2) is 29.2 Å². The first-order valence-corrected chi connectivity index (χ1v) is 8.24. The van der Waals surface area contributed by atoms with Crippen molar-refractivity contribution in [2.24, 2.45) is 0 Å². The number of amides is 1. The standard InChI is InChI=1S/C13H15F3N2O6S/c1-8(6-12(20)21)18-11(19)7-17-25(22,23)10-4-2-9(3-5-10)24-13(14,15)16/h2-5,8,17H,6-7H2,1H3,(H,18,19)(H,20,21). The van der Waals surface area contributed by atoms with Gasteiger partial charge in [0.1, 0.15) is 5.75 Å². The molecule has 0 saturated carbocycles. The van der Waals surface area contributed by atoms with E-state index in [4.69, 9.17) is 5.11 Å². The van der Waals surface area contributed by atoms with Crippen molar-refractivity contribution in [1.29, 1.82) is 0 Å². The summed E-state index contributed by atoms with van der Waals surface area (Å²) < 4.78 is 65.6. The fourth-order valence-corrected chi connectivity index (χ4v) is 2.69. The molecule has 1 atom stereocenters. The number of carbonyl (C=O) groups is 2. The minimum atomic E-state index is -4.90. The Morgan fingerprint density at radius 2 is 1.80 bits per heavy atom. The summed E-state index contributed by atoms with van der Waals surface area (Å²) >= 11 is 0. The number of carboxylic acids is 1. The SMILES string of the molecule is CC(CC(=O)O)NC(=O)CNS(=O)(=O)c1ccc(OC(F)(F)F)cc1. The molecule has 25 heavy (non-hydrogen) atoms. The highest BCUT2D eigenvalue weighted by Crippen LogP contribution is 2.23. The maximum absolute atomic E-state index is 12.0. The number of rotatable bonds is 8. The second kappa shape index (κ2) is 8.16. The monoisotopic (exact) mass is 384 g/mol. The van der Waals surface area contributed by atoms with E-state index in [9.17, 15) is 31.2 Å². The smallest absolute Gasteiger partial charge is 0.481 e. The van der Waals surface area contributed by atoms with E-state index in [1.165, 1.54) is 6.92 Å². The molecule has 1 unspecified atom stereocenters. The third-order valence-corrected chi connectivity index (χ3v) is 4.10. The first-order valence-electron chi connectivity index (χ1n) is 6.75. The Balaban J connectivity index is 2.63. The minimum absolute atomic E-state index is 0.334. The van der Waals surface area contributed by atoms with Crippen LogP contribution < -0.4 is 14.8 Å². The van der Waals surface area contributed by atoms with Crippen LogP contribution in [0.25, 0.3) is 0 Å². The zero-order valence-corrected chi connectivity index (χ0v) is 13.6. The topological polar surface area (TPSA) is 122 Å². The number of carboxylic acid groups (broad SMARTS) is 1. The molecule has 8 nitrogen and oxygen atoms in total. The normalized spacial score (nSPS) is 13.1. The van der Waals surface area contributed by atoms with Gasteiger partial charge in [0.15, 0.2) is 0 Å². The molecule has 1 rings (SSSR count). The van der Waals surface area contributed by atoms with E-state index in [0.717, 1.165) is 24.3 Å². The summed E-state index contributed by atoms with van der Waals surface area (Å²) in [7, 11) is -4.14. The highest BCUT2D eigenvalue weighted by Gasteiger charge is 2.31. The molecule has 1 aromatic carbocycles. The Labute approximate surface area is 141 Å². The van der Waals surface area contributed by atoms with E-state index in [-0.39, 0.29) is 11.3 Å². The van der Waals surface area contributed by atoms with Gasteiger partial charge in [-0.05, 0) is 31.2 Å². The molecular weight excluding hydrogens is 369 g/mol. The zero-order chi connectivity index (χ0) is 19.3. The second-order valence-corrected chi connectivity index (χ2v) is 6.68. The molecule has 12 heteroatoms. The van der Waals surface area contributed by atoms with Crippen LogP contribution in [0.3, 0.4) is 0 Å². The van der Waals surface area contributed by atoms with E-state index >= 15 is 0 Å². The fourth-order valence-electron chi connectivity index (χ4n) is 1.70. The van der Waals surface area contributed by atoms with Crippen LogP contribution in [-0.2, 0) is 19.6 Å². The Hall–Kier alpha value is -2.34. The number of nitrogens with one attached hydrogen (secondary N) is 2. The maximum atomic E-state index is 12.0. The molecule has 0 aliphatic carbocycles. The highest BCUT2D eigenvalue weighted by molar-refractivity contribution is 7.89. The van der Waals surface area contributed by atoms with E-state index in [0.29, 0.717) is 0 Å². The van der Waals surface area contributed by atoms with Crippen LogP contribution in [0.4, 0.5) is 13.2 Å². The number of carbonyl (C=O) groups excluding carboxylic acids is 1. The molecule has 0 heterocycles. The van der Waals surface area contributed by atoms with Crippen molar-refractivity contribution in [3.63, 3.8) is 0 Å². The predicted molar refractivity (Wildman–Crippen MR) is 78.2 cm³/mol. The van der Waals surface area contributed by atoms with Crippen molar-refractivity contribution in [2.75, 3.05) is 6.54 Å². The van der Waals surface area contributed by atoms with Crippen molar-refractivity contribution in [1.82, 2.24) is 10.0 Å². The van der Waals surface area contributed by atoms with Crippen LogP contribution in [0.2, 0.25) is 0 Å². The van der Waals surface area contributed by atoms with Gasteiger partial charge in [0.25, 0.3) is 0 Å². The van der Waals surface area contributed by atoms with Gasteiger partial charge in [0.05, 0.1) is 17.9 Å². The van der Waals surface area contributed by atoms with Gasteiger partial charge in [-0.2, -0.15) is 0 Å². The molecule has 0 fully saturated rings. The summed E-state index contributed by atoms with van der Waals surface area (Å²) in [5, 5.41) is 10.8. The number of benzene rings is 1. The molecular formula is C13H15F3N2O6S. The average Bonchev–Trinajstić information content (AvgIpc) is 2.43. The lowest BCUT2D eigenvalue weighted by Crippen LogP contribution is -2.41. The van der Waals surface area contributed by atoms with Crippen molar-refractivity contribution in [3.05, 3.63) is 24.3 Å². The van der Waals surface area contributed by atoms with Gasteiger partial charge in [-0.3, -0.25) is 9.59 Å². The molecule has 1 aromatic rings. The predicted octanol–water partition coefficient (Wildman–Crippen LogP) is 0.843. The van der Waals surface area contributed by atoms with Crippen LogP contribution in [-0.4, -0.2) is 44.3 Å². The van der Waals surface area contributed by atoms with Crippen LogP contribution in [0.1, 0.15) is 13.3 Å². The molecule has 3 N–H and O–H groups in total. The number of alkyl halides is 3. The number of halogens is 3. The first-order chi connectivity index (χ1) is 11.4. The van der Waals surface area contributed by atoms with E-state index in [1.807, 2.05) is 4.72 Å². The molecule has 0 spiro atoms. The van der Waals surface area contributed by atoms with Gasteiger partial charge in [-0.15, -0.1) is 13.2 Å². The molecule has 0 saturated heterocycles. The van der Waals surface area contributed by atoms with Gasteiger partial charge in [0.2, 0.25) is 15.9 Å². The van der Waals surface area contributed by atoms with Crippen molar-refractivity contribution < 1.29 is 41.0 Å². The van der Waals surface area contributed by atoms with Crippen molar-refractivity contribution >= 4 is 21.9 Å². The van der Waals surface area contributed by atoms with Gasteiger partial charge >= 0.3 is 12.3 Å². The first kappa shape index (κ1) is 20.7. The van der Waals surface area contributed by atoms with E-state index < -0.39 is 46.6 Å². The van der Waals surface area contributed by atoms with Gasteiger partial charge in [-0.1, -0.05) is 0 Å². The Bertz CT molecular complexity index is 718. The fraction of sp³-hybridized carbons (Fsp3) is 0.385. The maximum Gasteiger partial charge on any atom is 0.573 e. The summed E-state index contributed by atoms with van der Waals surface area (Å²) in [6, 6.07) is 2.70. The van der Waals surface area contributed by atoms with E-state index in [2.05, 4.69) is 10.1 Å². The van der Waals surface area contributed by atoms with Gasteiger partial charge in [-0.25, -0.2) is 13.1 Å². The molecule has 0 bridgehead atoms. The number of aliphatic carboxylic acids is 1. The number of hydrogen-bond acceptors (Lipinski definition) is 5. The lowest BCUT2D eigenvalue weighted by atomic mass is 10.2. The summed E-state index contributed by atoms with van der Waals surface area (Å²) in [5.74, 6) is -2.48. The molecule has 0 aliphatic heterocycles. The molecule has 0 aromatic heterocycles. The molecule has 140 valence electrons. The molecule has 0 radical (unpaired) electrons. The van der Waals surface area contributed by atoms with E-state index in [1.54, 1.807) is 0 Å². The third kappa shape index (κ3) is 7.85. The van der Waals surface area contributed by atoms with Crippen LogP contribution in [0.5, 0.6) is 5.75 Å². The number of sulfonamides is 1. The van der Waals surface area contributed by atoms with Gasteiger partial charge < -0.3 is 15.2 Å². The largest absolute Gasteiger partial charge is 0.573 e. The summed E-state index contributed by atoms with van der Waals surface area (Å²) in [4.78, 5) is 21.6. The Kier molecular flexibility index (Phi) is 6.76. The molecule has 0 aliphatic rings. The van der Waals surface area contributed by atoms with Crippen LogP contribution >= 0.6 is 0 Å². The lowest BCUT2D eigenvalue weighted by Gasteiger charge is -2.12. The van der Waals surface area contributed by atoms with Crippen LogP contribution in [0, 0.1) is 0 Å². The Morgan fingerprint density at radius 3 is 2.28 bits per heavy atom. The number of hydrogen-bond donors (Lipinski definition) is 3. The van der Waals surface area contributed by atoms with Crippen molar-refractivity contribution in [3.8, 4) is 5.75 Å².